The van der Waals surface area contributed by atoms with Crippen molar-refractivity contribution in [2.45, 2.75) is 40.0 Å². The van der Waals surface area contributed by atoms with E-state index in [-0.39, 0.29) is 0 Å². The van der Waals surface area contributed by atoms with Gasteiger partial charge >= 0.3 is 0 Å². The predicted molar refractivity (Wildman–Crippen MR) is 98.4 cm³/mol. The Bertz CT molecular complexity index is 878. The summed E-state index contributed by atoms with van der Waals surface area (Å²) in [7, 11) is 0. The molecular formula is C20H24N4. The van der Waals surface area contributed by atoms with Crippen LogP contribution in [0.25, 0.3) is 27.7 Å². The van der Waals surface area contributed by atoms with Crippen molar-refractivity contribution in [3.63, 3.8) is 0 Å². The van der Waals surface area contributed by atoms with E-state index in [2.05, 4.69) is 53.1 Å². The summed E-state index contributed by atoms with van der Waals surface area (Å²) >= 11 is 0. The Morgan fingerprint density at radius 1 is 1.12 bits per heavy atom. The number of rotatable bonds is 2. The van der Waals surface area contributed by atoms with Gasteiger partial charge in [0.25, 0.3) is 0 Å². The molecule has 124 valence electrons. The number of hydrogen-bond acceptors (Lipinski definition) is 2. The smallest absolute Gasteiger partial charge is 0.137 e. The number of pyridine rings is 1. The highest BCUT2D eigenvalue weighted by atomic mass is 15.1. The lowest BCUT2D eigenvalue weighted by molar-refractivity contribution is 0.225. The molecule has 1 aliphatic carbocycles. The van der Waals surface area contributed by atoms with Crippen LogP contribution < -0.4 is 0 Å². The highest BCUT2D eigenvalue weighted by molar-refractivity contribution is 5.94. The molecule has 0 radical (unpaired) electrons. The topological polar surface area (TPSA) is 57.4 Å². The molecule has 0 aromatic carbocycles. The molecule has 0 aliphatic heterocycles. The molecule has 2 N–H and O–H groups in total. The van der Waals surface area contributed by atoms with E-state index in [1.807, 2.05) is 24.8 Å². The molecule has 0 spiro atoms. The summed E-state index contributed by atoms with van der Waals surface area (Å²) in [6.07, 6.45) is 13.8. The van der Waals surface area contributed by atoms with Gasteiger partial charge in [-0.25, -0.2) is 4.98 Å². The Morgan fingerprint density at radius 3 is 2.67 bits per heavy atom. The molecule has 1 unspecified atom stereocenters. The third kappa shape index (κ3) is 2.66. The third-order valence-electron chi connectivity index (χ3n) is 5.35. The van der Waals surface area contributed by atoms with Gasteiger partial charge in [-0.05, 0) is 47.8 Å². The van der Waals surface area contributed by atoms with E-state index in [1.54, 1.807) is 0 Å². The van der Waals surface area contributed by atoms with Gasteiger partial charge in [0.1, 0.15) is 5.65 Å². The molecule has 0 saturated carbocycles. The molecule has 4 nitrogen and oxygen atoms in total. The summed E-state index contributed by atoms with van der Waals surface area (Å²) in [5.41, 5.74) is 6.24. The Labute approximate surface area is 142 Å². The zero-order valence-electron chi connectivity index (χ0n) is 14.6. The number of H-pyrrole nitrogens is 2. The SMILES string of the molecule is CC(C)(C)C1CC=C(c2cnc3[nH]cc(-c4cn[nH]c4)c3c2)CC1. The van der Waals surface area contributed by atoms with Crippen LogP contribution in [-0.2, 0) is 0 Å². The van der Waals surface area contributed by atoms with Crippen LogP contribution in [0.2, 0.25) is 0 Å². The molecule has 1 aliphatic rings. The van der Waals surface area contributed by atoms with Crippen molar-refractivity contribution in [3.8, 4) is 11.1 Å². The second-order valence-corrected chi connectivity index (χ2v) is 7.88. The van der Waals surface area contributed by atoms with Crippen molar-refractivity contribution in [2.24, 2.45) is 11.3 Å². The first kappa shape index (κ1) is 15.2. The van der Waals surface area contributed by atoms with Crippen molar-refractivity contribution < 1.29 is 0 Å². The molecule has 3 heterocycles. The van der Waals surface area contributed by atoms with Gasteiger partial charge in [-0.3, -0.25) is 5.10 Å². The molecule has 1 atom stereocenters. The van der Waals surface area contributed by atoms with Crippen molar-refractivity contribution in [1.29, 1.82) is 0 Å². The maximum absolute atomic E-state index is 4.63. The first-order valence-electron chi connectivity index (χ1n) is 8.68. The minimum Gasteiger partial charge on any atom is -0.346 e. The molecule has 0 saturated heterocycles. The van der Waals surface area contributed by atoms with Crippen LogP contribution in [0.5, 0.6) is 0 Å². The highest BCUT2D eigenvalue weighted by Gasteiger charge is 2.26. The second-order valence-electron chi connectivity index (χ2n) is 7.88. The summed E-state index contributed by atoms with van der Waals surface area (Å²) in [6.45, 7) is 7.04. The van der Waals surface area contributed by atoms with Gasteiger partial charge < -0.3 is 4.98 Å². The number of aromatic nitrogens is 4. The van der Waals surface area contributed by atoms with Crippen LogP contribution in [0, 0.1) is 11.3 Å². The number of nitrogens with one attached hydrogen (secondary N) is 2. The zero-order chi connectivity index (χ0) is 16.7. The number of hydrogen-bond donors (Lipinski definition) is 2. The van der Waals surface area contributed by atoms with Crippen LogP contribution in [0.3, 0.4) is 0 Å². The summed E-state index contributed by atoms with van der Waals surface area (Å²) in [5.74, 6) is 0.770. The van der Waals surface area contributed by atoms with Crippen LogP contribution >= 0.6 is 0 Å². The molecule has 3 aromatic heterocycles. The number of nitrogens with zero attached hydrogens (tertiary/aromatic N) is 2. The lowest BCUT2D eigenvalue weighted by atomic mass is 9.72. The largest absolute Gasteiger partial charge is 0.346 e. The van der Waals surface area contributed by atoms with Gasteiger partial charge in [0.15, 0.2) is 0 Å². The fourth-order valence-electron chi connectivity index (χ4n) is 3.70. The normalized spacial score (nSPS) is 18.8. The van der Waals surface area contributed by atoms with Crippen molar-refractivity contribution in [3.05, 3.63) is 42.5 Å². The van der Waals surface area contributed by atoms with Gasteiger partial charge in [-0.15, -0.1) is 0 Å². The van der Waals surface area contributed by atoms with Crippen LogP contribution in [-0.4, -0.2) is 20.2 Å². The minimum atomic E-state index is 0.388. The zero-order valence-corrected chi connectivity index (χ0v) is 14.6. The molecule has 0 bridgehead atoms. The lowest BCUT2D eigenvalue weighted by Crippen LogP contribution is -2.21. The number of allylic oxidation sites excluding steroid dienone is 2. The molecule has 0 fully saturated rings. The van der Waals surface area contributed by atoms with Gasteiger partial charge in [-0.2, -0.15) is 5.10 Å². The minimum absolute atomic E-state index is 0.388. The monoisotopic (exact) mass is 320 g/mol. The summed E-state index contributed by atoms with van der Waals surface area (Å²) < 4.78 is 0. The van der Waals surface area contributed by atoms with Gasteiger partial charge in [-0.1, -0.05) is 26.8 Å². The van der Waals surface area contributed by atoms with Crippen LogP contribution in [0.4, 0.5) is 0 Å². The van der Waals surface area contributed by atoms with Crippen molar-refractivity contribution in [1.82, 2.24) is 20.2 Å². The second kappa shape index (κ2) is 5.62. The Balaban J connectivity index is 1.69. The standard InChI is InChI=1S/C20H24N4/c1-20(2,3)16-6-4-13(5-7-16)14-8-17-18(15-10-23-24-11-15)12-22-19(17)21-9-14/h4,8-12,16H,5-7H2,1-3H3,(H,21,22)(H,23,24). The third-order valence-corrected chi connectivity index (χ3v) is 5.35. The van der Waals surface area contributed by atoms with Crippen molar-refractivity contribution in [2.75, 3.05) is 0 Å². The van der Waals surface area contributed by atoms with Gasteiger partial charge in [0, 0.05) is 35.1 Å². The molecular weight excluding hydrogens is 296 g/mol. The first-order valence-corrected chi connectivity index (χ1v) is 8.68. The quantitative estimate of drug-likeness (QED) is 0.683. The lowest BCUT2D eigenvalue weighted by Gasteiger charge is -2.33. The molecule has 4 heteroatoms. The Morgan fingerprint density at radius 2 is 2.00 bits per heavy atom. The first-order chi connectivity index (χ1) is 11.5. The predicted octanol–water partition coefficient (Wildman–Crippen LogP) is 5.18. The molecule has 24 heavy (non-hydrogen) atoms. The highest BCUT2D eigenvalue weighted by Crippen LogP contribution is 2.40. The summed E-state index contributed by atoms with van der Waals surface area (Å²) in [6, 6.07) is 2.27. The van der Waals surface area contributed by atoms with E-state index in [9.17, 15) is 0 Å². The number of fused-ring (bicyclic) bond motifs is 1. The molecule has 0 amide bonds. The molecule has 4 rings (SSSR count). The van der Waals surface area contributed by atoms with E-state index in [4.69, 9.17) is 0 Å². The van der Waals surface area contributed by atoms with Crippen LogP contribution in [0.1, 0.15) is 45.6 Å². The average Bonchev–Trinajstić information content (AvgIpc) is 3.22. The van der Waals surface area contributed by atoms with E-state index in [0.717, 1.165) is 34.5 Å². The van der Waals surface area contributed by atoms with E-state index in [1.165, 1.54) is 24.0 Å². The van der Waals surface area contributed by atoms with E-state index in [0.29, 0.717) is 5.41 Å². The summed E-state index contributed by atoms with van der Waals surface area (Å²) in [5, 5.41) is 8.10. The van der Waals surface area contributed by atoms with E-state index >= 15 is 0 Å². The molecule has 3 aromatic rings. The van der Waals surface area contributed by atoms with Crippen LogP contribution in [0.15, 0.2) is 36.9 Å². The fraction of sp³-hybridized carbons (Fsp3) is 0.400. The van der Waals surface area contributed by atoms with Gasteiger partial charge in [0.05, 0.1) is 6.20 Å². The fourth-order valence-corrected chi connectivity index (χ4v) is 3.70. The maximum atomic E-state index is 4.63. The van der Waals surface area contributed by atoms with E-state index < -0.39 is 0 Å². The Hall–Kier alpha value is -2.36. The maximum Gasteiger partial charge on any atom is 0.137 e. The van der Waals surface area contributed by atoms with Gasteiger partial charge in [0.2, 0.25) is 0 Å². The number of aromatic amines is 2. The van der Waals surface area contributed by atoms with Crippen molar-refractivity contribution >= 4 is 16.6 Å². The Kier molecular flexibility index (Phi) is 3.56. The summed E-state index contributed by atoms with van der Waals surface area (Å²) in [4.78, 5) is 7.89. The average molecular weight is 320 g/mol.